The third-order valence-corrected chi connectivity index (χ3v) is 5.61. The minimum atomic E-state index is 0. The minimum absolute atomic E-state index is 0. The third-order valence-electron chi connectivity index (χ3n) is 5.61. The second kappa shape index (κ2) is 12.8. The van der Waals surface area contributed by atoms with Crippen molar-refractivity contribution in [1.82, 2.24) is 0 Å². The van der Waals surface area contributed by atoms with Crippen molar-refractivity contribution in [3.63, 3.8) is 0 Å². The predicted molar refractivity (Wildman–Crippen MR) is 137 cm³/mol. The summed E-state index contributed by atoms with van der Waals surface area (Å²) >= 11 is 0. The smallest absolute Gasteiger partial charge is 0.161 e. The predicted octanol–water partition coefficient (Wildman–Crippen LogP) is 4.65. The van der Waals surface area contributed by atoms with Gasteiger partial charge in [0.15, 0.2) is 23.0 Å². The van der Waals surface area contributed by atoms with Gasteiger partial charge < -0.3 is 30.4 Å². The van der Waals surface area contributed by atoms with Crippen LogP contribution in [0.2, 0.25) is 0 Å². The highest BCUT2D eigenvalue weighted by Gasteiger charge is 2.19. The zero-order valence-corrected chi connectivity index (χ0v) is 20.8. The lowest BCUT2D eigenvalue weighted by Gasteiger charge is -2.20. The number of halogens is 2. The number of hydrogen-bond donors (Lipinski definition) is 2. The molecule has 178 valence electrons. The minimum Gasteiger partial charge on any atom is -0.493 e. The van der Waals surface area contributed by atoms with Crippen LogP contribution in [-0.4, -0.2) is 41.5 Å². The summed E-state index contributed by atoms with van der Waals surface area (Å²) in [5.74, 6) is 2.85. The summed E-state index contributed by atoms with van der Waals surface area (Å²) in [5, 5.41) is 4.58. The molecular weight excluding hydrogens is 451 g/mol. The Balaban J connectivity index is 0.00000256. The van der Waals surface area contributed by atoms with Crippen LogP contribution < -0.4 is 30.4 Å². The van der Waals surface area contributed by atoms with Crippen LogP contribution in [-0.2, 0) is 12.8 Å². The molecule has 0 saturated heterocycles. The van der Waals surface area contributed by atoms with Gasteiger partial charge in [-0.05, 0) is 95.7 Å². The number of fused-ring (bicyclic) bond motifs is 2. The molecule has 0 aromatic heterocycles. The maximum absolute atomic E-state index is 5.86. The fourth-order valence-electron chi connectivity index (χ4n) is 4.14. The monoisotopic (exact) mass is 484 g/mol. The Kier molecular flexibility index (Phi) is 11.2. The highest BCUT2D eigenvalue weighted by Crippen LogP contribution is 2.43. The third kappa shape index (κ3) is 5.26. The zero-order valence-electron chi connectivity index (χ0n) is 19.2. The van der Waals surface area contributed by atoms with Gasteiger partial charge in [-0.15, -0.1) is 24.8 Å². The first kappa shape index (κ1) is 27.9. The Morgan fingerprint density at radius 3 is 0.969 bits per heavy atom. The lowest BCUT2D eigenvalue weighted by atomic mass is 9.87. The van der Waals surface area contributed by atoms with Crippen LogP contribution in [0.1, 0.15) is 24.0 Å². The maximum Gasteiger partial charge on any atom is 0.161 e. The highest BCUT2D eigenvalue weighted by atomic mass is 35.5. The molecule has 32 heavy (non-hydrogen) atoms. The lowest BCUT2D eigenvalue weighted by Crippen LogP contribution is -2.05. The van der Waals surface area contributed by atoms with Crippen molar-refractivity contribution in [1.29, 1.82) is 0 Å². The first-order valence-corrected chi connectivity index (χ1v) is 10.3. The Hall–Kier alpha value is -2.12. The first-order valence-electron chi connectivity index (χ1n) is 10.3. The van der Waals surface area contributed by atoms with Crippen molar-refractivity contribution in [3.8, 4) is 23.0 Å². The molecule has 8 heteroatoms. The van der Waals surface area contributed by atoms with E-state index in [0.29, 0.717) is 36.1 Å². The first-order chi connectivity index (χ1) is 14.6. The van der Waals surface area contributed by atoms with E-state index in [1.54, 1.807) is 28.4 Å². The number of methoxy groups -OCH3 is 4. The molecule has 4 N–H and O–H groups in total. The van der Waals surface area contributed by atoms with E-state index >= 15 is 0 Å². The summed E-state index contributed by atoms with van der Waals surface area (Å²) in [7, 11) is 6.64. The average molecular weight is 485 g/mol. The second-order valence-corrected chi connectivity index (χ2v) is 7.25. The van der Waals surface area contributed by atoms with Crippen molar-refractivity contribution >= 4 is 46.4 Å². The Morgan fingerprint density at radius 1 is 0.531 bits per heavy atom. The molecule has 0 atom stereocenters. The number of aryl methyl sites for hydroxylation is 2. The van der Waals surface area contributed by atoms with E-state index in [4.69, 9.17) is 30.4 Å². The van der Waals surface area contributed by atoms with Gasteiger partial charge in [0.2, 0.25) is 0 Å². The lowest BCUT2D eigenvalue weighted by molar-refractivity contribution is 0.355. The molecule has 0 radical (unpaired) electrons. The molecule has 0 bridgehead atoms. The number of hydrogen-bond acceptors (Lipinski definition) is 6. The largest absolute Gasteiger partial charge is 0.493 e. The van der Waals surface area contributed by atoms with Gasteiger partial charge in [-0.3, -0.25) is 0 Å². The highest BCUT2D eigenvalue weighted by molar-refractivity contribution is 6.08. The summed E-state index contributed by atoms with van der Waals surface area (Å²) in [6, 6.07) is 8.29. The van der Waals surface area contributed by atoms with Crippen LogP contribution in [0.3, 0.4) is 0 Å². The van der Waals surface area contributed by atoms with Gasteiger partial charge in [-0.2, -0.15) is 0 Å². The summed E-state index contributed by atoms with van der Waals surface area (Å²) in [5.41, 5.74) is 14.2. The Bertz CT molecular complexity index is 889. The summed E-state index contributed by atoms with van der Waals surface area (Å²) < 4.78 is 22.4. The summed E-state index contributed by atoms with van der Waals surface area (Å²) in [6.45, 7) is 1.25. The van der Waals surface area contributed by atoms with E-state index in [2.05, 4.69) is 24.3 Å². The molecule has 0 amide bonds. The van der Waals surface area contributed by atoms with E-state index in [-0.39, 0.29) is 24.8 Å². The Morgan fingerprint density at radius 2 is 0.781 bits per heavy atom. The van der Waals surface area contributed by atoms with Crippen LogP contribution in [0.5, 0.6) is 23.0 Å². The molecule has 0 unspecified atom stereocenters. The molecule has 3 aromatic carbocycles. The maximum atomic E-state index is 5.86. The molecule has 0 heterocycles. The van der Waals surface area contributed by atoms with Gasteiger partial charge in [0, 0.05) is 0 Å². The topological polar surface area (TPSA) is 89.0 Å². The second-order valence-electron chi connectivity index (χ2n) is 7.25. The van der Waals surface area contributed by atoms with Gasteiger partial charge in [-0.1, -0.05) is 0 Å². The van der Waals surface area contributed by atoms with Gasteiger partial charge in [0.25, 0.3) is 0 Å². The van der Waals surface area contributed by atoms with Crippen LogP contribution in [0.15, 0.2) is 24.3 Å². The molecule has 0 spiro atoms. The molecule has 0 aliphatic heterocycles. The quantitative estimate of drug-likeness (QED) is 0.407. The van der Waals surface area contributed by atoms with Crippen molar-refractivity contribution in [3.05, 3.63) is 35.4 Å². The van der Waals surface area contributed by atoms with Crippen molar-refractivity contribution in [2.45, 2.75) is 25.7 Å². The number of ether oxygens (including phenoxy) is 4. The molecular formula is C24H34Cl2N2O4. The normalized spacial score (nSPS) is 10.4. The average Bonchev–Trinajstić information content (AvgIpc) is 2.79. The van der Waals surface area contributed by atoms with E-state index in [1.165, 1.54) is 11.1 Å². The fraction of sp³-hybridized carbons (Fsp3) is 0.417. The van der Waals surface area contributed by atoms with Gasteiger partial charge in [0.05, 0.1) is 28.4 Å². The summed E-state index contributed by atoms with van der Waals surface area (Å²) in [6.07, 6.45) is 3.47. The van der Waals surface area contributed by atoms with E-state index < -0.39 is 0 Å². The molecule has 3 aromatic rings. The SMILES string of the molecule is COc1cc2c(CCCN)c3cc(OC)c(OC)cc3c(CCCN)c2cc1OC.Cl.Cl. The molecule has 3 rings (SSSR count). The van der Waals surface area contributed by atoms with Crippen molar-refractivity contribution in [2.24, 2.45) is 11.5 Å². The van der Waals surface area contributed by atoms with Gasteiger partial charge in [0.1, 0.15) is 0 Å². The molecule has 0 aliphatic carbocycles. The van der Waals surface area contributed by atoms with Crippen molar-refractivity contribution in [2.75, 3.05) is 41.5 Å². The van der Waals surface area contributed by atoms with Crippen molar-refractivity contribution < 1.29 is 18.9 Å². The van der Waals surface area contributed by atoms with E-state index in [9.17, 15) is 0 Å². The van der Waals surface area contributed by atoms with Gasteiger partial charge >= 0.3 is 0 Å². The zero-order chi connectivity index (χ0) is 21.7. The standard InChI is InChI=1S/C24H32N2O4.2ClH/c1-27-21-11-17-15(7-5-9-25)19-13-23(29-3)24(30-4)14-20(19)16(8-6-10-26)18(17)12-22(21)28-2;;/h11-14H,5-10,25-26H2,1-4H3;2*1H. The van der Waals surface area contributed by atoms with Crippen LogP contribution in [0.25, 0.3) is 21.5 Å². The Labute approximate surface area is 202 Å². The molecule has 6 nitrogen and oxygen atoms in total. The van der Waals surface area contributed by atoms with Crippen LogP contribution in [0, 0.1) is 0 Å². The summed E-state index contributed by atoms with van der Waals surface area (Å²) in [4.78, 5) is 0. The number of benzene rings is 3. The van der Waals surface area contributed by atoms with E-state index in [1.807, 2.05) is 0 Å². The molecule has 0 saturated carbocycles. The van der Waals surface area contributed by atoms with E-state index in [0.717, 1.165) is 47.2 Å². The number of nitrogens with two attached hydrogens (primary N) is 2. The van der Waals surface area contributed by atoms with Crippen LogP contribution >= 0.6 is 24.8 Å². The number of rotatable bonds is 10. The van der Waals surface area contributed by atoms with Gasteiger partial charge in [-0.25, -0.2) is 0 Å². The fourth-order valence-corrected chi connectivity index (χ4v) is 4.14. The molecule has 0 fully saturated rings. The van der Waals surface area contributed by atoms with Crippen LogP contribution in [0.4, 0.5) is 0 Å². The molecule has 0 aliphatic rings.